The molecule has 1 nitrogen and oxygen atoms in total. The summed E-state index contributed by atoms with van der Waals surface area (Å²) in [5.41, 5.74) is 3.97. The molecule has 98 valence electrons. The van der Waals surface area contributed by atoms with Crippen LogP contribution in [0.1, 0.15) is 30.1 Å². The van der Waals surface area contributed by atoms with Crippen molar-refractivity contribution in [1.29, 1.82) is 0 Å². The van der Waals surface area contributed by atoms with Crippen LogP contribution < -0.4 is 0 Å². The van der Waals surface area contributed by atoms with Crippen molar-refractivity contribution >= 4 is 8.07 Å². The predicted molar refractivity (Wildman–Crippen MR) is 80.6 cm³/mol. The zero-order valence-electron chi connectivity index (χ0n) is 11.7. The second-order valence-electron chi connectivity index (χ2n) is 6.56. The molecule has 0 heterocycles. The van der Waals surface area contributed by atoms with Crippen LogP contribution in [-0.4, -0.2) is 13.2 Å². The third-order valence-corrected chi connectivity index (χ3v) is 5.04. The number of rotatable bonds is 2. The maximum Gasteiger partial charge on any atom is 0.0795 e. The van der Waals surface area contributed by atoms with E-state index in [0.29, 0.717) is 0 Å². The Hall–Kier alpha value is -0.863. The first-order valence-corrected chi connectivity index (χ1v) is 10.6. The molecule has 0 radical (unpaired) electrons. The van der Waals surface area contributed by atoms with Gasteiger partial charge in [0, 0.05) is 8.07 Å². The molecule has 18 heavy (non-hydrogen) atoms. The monoisotopic (exact) mass is 260 g/mol. The van der Waals surface area contributed by atoms with Crippen molar-refractivity contribution in [3.8, 4) is 0 Å². The van der Waals surface area contributed by atoms with Gasteiger partial charge in [0.25, 0.3) is 0 Å². The van der Waals surface area contributed by atoms with E-state index in [1.807, 2.05) is 6.07 Å². The van der Waals surface area contributed by atoms with Crippen molar-refractivity contribution in [2.75, 3.05) is 0 Å². The second-order valence-corrected chi connectivity index (χ2v) is 12.0. The first kappa shape index (κ1) is 13.6. The fourth-order valence-electron chi connectivity index (χ4n) is 2.72. The molecule has 1 aliphatic carbocycles. The van der Waals surface area contributed by atoms with E-state index in [1.54, 1.807) is 5.57 Å². The molecular formula is C16H24OSi. The third kappa shape index (κ3) is 3.56. The van der Waals surface area contributed by atoms with Gasteiger partial charge in [-0.05, 0) is 36.4 Å². The number of fused-ring (bicyclic) bond motifs is 1. The molecule has 1 aromatic rings. The lowest BCUT2D eigenvalue weighted by atomic mass is 9.92. The third-order valence-electron chi connectivity index (χ3n) is 3.52. The van der Waals surface area contributed by atoms with Gasteiger partial charge in [-0.3, -0.25) is 0 Å². The molecule has 0 spiro atoms. The Balaban J connectivity index is 2.22. The maximum atomic E-state index is 10.3. The quantitative estimate of drug-likeness (QED) is 0.620. The molecular weight excluding hydrogens is 236 g/mol. The van der Waals surface area contributed by atoms with Crippen LogP contribution in [0.25, 0.3) is 0 Å². The summed E-state index contributed by atoms with van der Waals surface area (Å²) in [4.78, 5) is 0. The van der Waals surface area contributed by atoms with E-state index >= 15 is 0 Å². The van der Waals surface area contributed by atoms with Crippen molar-refractivity contribution in [3.63, 3.8) is 0 Å². The van der Waals surface area contributed by atoms with Crippen LogP contribution >= 0.6 is 0 Å². The van der Waals surface area contributed by atoms with Crippen LogP contribution in [0.2, 0.25) is 25.7 Å². The molecule has 1 aromatic carbocycles. The Morgan fingerprint density at radius 1 is 1.22 bits per heavy atom. The van der Waals surface area contributed by atoms with E-state index in [-0.39, 0.29) is 6.10 Å². The minimum absolute atomic E-state index is 0.286. The van der Waals surface area contributed by atoms with Crippen LogP contribution in [0.3, 0.4) is 0 Å². The van der Waals surface area contributed by atoms with Crippen molar-refractivity contribution < 1.29 is 5.11 Å². The first-order chi connectivity index (χ1) is 8.46. The van der Waals surface area contributed by atoms with Gasteiger partial charge in [-0.2, -0.15) is 0 Å². The maximum absolute atomic E-state index is 10.3. The number of hydrogen-bond donors (Lipinski definition) is 1. The summed E-state index contributed by atoms with van der Waals surface area (Å²) < 4.78 is 0. The lowest BCUT2D eigenvalue weighted by Gasteiger charge is -2.23. The van der Waals surface area contributed by atoms with E-state index in [2.05, 4.69) is 43.9 Å². The minimum atomic E-state index is -1.05. The Labute approximate surface area is 112 Å². The van der Waals surface area contributed by atoms with E-state index in [0.717, 1.165) is 24.8 Å². The Bertz CT molecular complexity index is 443. The molecule has 2 rings (SSSR count). The fraction of sp³-hybridized carbons (Fsp3) is 0.500. The number of aliphatic hydroxyl groups is 1. The fourth-order valence-corrected chi connectivity index (χ4v) is 4.40. The highest BCUT2D eigenvalue weighted by molar-refractivity contribution is 6.76. The number of aliphatic hydroxyl groups excluding tert-OH is 1. The van der Waals surface area contributed by atoms with Gasteiger partial charge >= 0.3 is 0 Å². The molecule has 0 amide bonds. The molecule has 0 aromatic heterocycles. The zero-order chi connectivity index (χ0) is 13.2. The zero-order valence-corrected chi connectivity index (χ0v) is 12.7. The van der Waals surface area contributed by atoms with Gasteiger partial charge in [0.2, 0.25) is 0 Å². The predicted octanol–water partition coefficient (Wildman–Crippen LogP) is 4.32. The van der Waals surface area contributed by atoms with Gasteiger partial charge < -0.3 is 5.11 Å². The summed E-state index contributed by atoms with van der Waals surface area (Å²) in [5.74, 6) is 0. The molecule has 1 atom stereocenters. The molecule has 2 heteroatoms. The molecule has 1 aliphatic rings. The first-order valence-electron chi connectivity index (χ1n) is 6.89. The standard InChI is InChI=1S/C16H24OSi/c1-18(2,3)12-13-8-10-14-6-4-5-7-15(14)16(17)11-9-13/h4-8,16-17H,9-12H2,1-3H3/b13-8+/t16-/m0/s1. The molecule has 1 N–H and O–H groups in total. The number of benzene rings is 1. The highest BCUT2D eigenvalue weighted by atomic mass is 28.3. The molecule has 0 saturated heterocycles. The molecule has 0 bridgehead atoms. The lowest BCUT2D eigenvalue weighted by Crippen LogP contribution is -2.20. The highest BCUT2D eigenvalue weighted by Gasteiger charge is 2.19. The lowest BCUT2D eigenvalue weighted by molar-refractivity contribution is 0.166. The summed E-state index contributed by atoms with van der Waals surface area (Å²) in [6.45, 7) is 7.24. The Morgan fingerprint density at radius 2 is 1.94 bits per heavy atom. The SMILES string of the molecule is C[Si](C)(C)C/C1=C/Cc2ccccc2[C@@H](O)CC1. The minimum Gasteiger partial charge on any atom is -0.388 e. The van der Waals surface area contributed by atoms with Crippen LogP contribution in [0.15, 0.2) is 35.9 Å². The largest absolute Gasteiger partial charge is 0.388 e. The van der Waals surface area contributed by atoms with Crippen molar-refractivity contribution in [3.05, 3.63) is 47.0 Å². The van der Waals surface area contributed by atoms with Crippen molar-refractivity contribution in [2.45, 2.75) is 51.1 Å². The van der Waals surface area contributed by atoms with Gasteiger partial charge in [0.15, 0.2) is 0 Å². The van der Waals surface area contributed by atoms with Gasteiger partial charge in [-0.1, -0.05) is 55.6 Å². The second kappa shape index (κ2) is 5.41. The van der Waals surface area contributed by atoms with Crippen LogP contribution in [0.5, 0.6) is 0 Å². The van der Waals surface area contributed by atoms with Crippen LogP contribution in [0, 0.1) is 0 Å². The average molecular weight is 260 g/mol. The summed E-state index contributed by atoms with van der Waals surface area (Å²) >= 11 is 0. The summed E-state index contributed by atoms with van der Waals surface area (Å²) in [5, 5.41) is 10.3. The van der Waals surface area contributed by atoms with Crippen molar-refractivity contribution in [1.82, 2.24) is 0 Å². The van der Waals surface area contributed by atoms with Gasteiger partial charge in [0.1, 0.15) is 0 Å². The molecule has 0 fully saturated rings. The van der Waals surface area contributed by atoms with Gasteiger partial charge in [0.05, 0.1) is 6.10 Å². The topological polar surface area (TPSA) is 20.2 Å². The summed E-state index contributed by atoms with van der Waals surface area (Å²) in [6, 6.07) is 9.57. The molecule has 0 saturated carbocycles. The van der Waals surface area contributed by atoms with Gasteiger partial charge in [-0.15, -0.1) is 0 Å². The smallest absolute Gasteiger partial charge is 0.0795 e. The van der Waals surface area contributed by atoms with E-state index in [9.17, 15) is 5.11 Å². The normalized spacial score (nSPS) is 23.6. The number of allylic oxidation sites excluding steroid dienone is 2. The van der Waals surface area contributed by atoms with E-state index in [4.69, 9.17) is 0 Å². The highest BCUT2D eigenvalue weighted by Crippen LogP contribution is 2.30. The Morgan fingerprint density at radius 3 is 2.67 bits per heavy atom. The Kier molecular flexibility index (Phi) is 4.08. The van der Waals surface area contributed by atoms with Crippen molar-refractivity contribution in [2.24, 2.45) is 0 Å². The molecule has 0 unspecified atom stereocenters. The van der Waals surface area contributed by atoms with Crippen LogP contribution in [0.4, 0.5) is 0 Å². The van der Waals surface area contributed by atoms with Gasteiger partial charge in [-0.25, -0.2) is 0 Å². The van der Waals surface area contributed by atoms with E-state index in [1.165, 1.54) is 11.6 Å². The molecule has 0 aliphatic heterocycles. The number of hydrogen-bond acceptors (Lipinski definition) is 1. The summed E-state index contributed by atoms with van der Waals surface area (Å²) in [7, 11) is -1.05. The van der Waals surface area contributed by atoms with Crippen LogP contribution in [-0.2, 0) is 6.42 Å². The van der Waals surface area contributed by atoms with E-state index < -0.39 is 8.07 Å². The summed E-state index contributed by atoms with van der Waals surface area (Å²) in [6.07, 6.45) is 5.02. The average Bonchev–Trinajstić information content (AvgIpc) is 2.29.